The molecule has 1 fully saturated rings. The SMILES string of the molecule is CN1CN(Cc2ccccc2)CN(C)C1=O. The normalized spacial score (nSPS) is 18.0. The largest absolute Gasteiger partial charge is 0.321 e. The van der Waals surface area contributed by atoms with Crippen molar-refractivity contribution in [1.82, 2.24) is 14.7 Å². The molecule has 0 atom stereocenters. The third-order valence-electron chi connectivity index (χ3n) is 2.73. The average Bonchev–Trinajstić information content (AvgIpc) is 2.27. The van der Waals surface area contributed by atoms with Gasteiger partial charge < -0.3 is 9.80 Å². The van der Waals surface area contributed by atoms with Gasteiger partial charge in [0.15, 0.2) is 0 Å². The van der Waals surface area contributed by atoms with Crippen molar-refractivity contribution in [2.45, 2.75) is 6.54 Å². The molecule has 0 radical (unpaired) electrons. The van der Waals surface area contributed by atoms with Gasteiger partial charge in [-0.05, 0) is 5.56 Å². The van der Waals surface area contributed by atoms with Gasteiger partial charge in [0.2, 0.25) is 0 Å². The van der Waals surface area contributed by atoms with Gasteiger partial charge in [-0.3, -0.25) is 4.90 Å². The molecule has 2 amide bonds. The lowest BCUT2D eigenvalue weighted by Crippen LogP contribution is -2.54. The van der Waals surface area contributed by atoms with Crippen molar-refractivity contribution in [3.05, 3.63) is 35.9 Å². The zero-order valence-electron chi connectivity index (χ0n) is 9.76. The van der Waals surface area contributed by atoms with E-state index in [1.54, 1.807) is 9.80 Å². The molecule has 2 rings (SSSR count). The molecule has 4 nitrogen and oxygen atoms in total. The second-order valence-corrected chi connectivity index (χ2v) is 4.28. The van der Waals surface area contributed by atoms with Crippen LogP contribution < -0.4 is 0 Å². The highest BCUT2D eigenvalue weighted by atomic mass is 16.2. The number of hydrogen-bond acceptors (Lipinski definition) is 2. The van der Waals surface area contributed by atoms with Crippen LogP contribution in [0.3, 0.4) is 0 Å². The molecule has 16 heavy (non-hydrogen) atoms. The van der Waals surface area contributed by atoms with Gasteiger partial charge in [0.1, 0.15) is 0 Å². The summed E-state index contributed by atoms with van der Waals surface area (Å²) in [7, 11) is 3.66. The number of urea groups is 1. The van der Waals surface area contributed by atoms with Crippen LogP contribution in [0.2, 0.25) is 0 Å². The molecule has 0 spiro atoms. The van der Waals surface area contributed by atoms with Crippen molar-refractivity contribution in [2.24, 2.45) is 0 Å². The number of carbonyl (C=O) groups excluding carboxylic acids is 1. The Balaban J connectivity index is 1.99. The van der Waals surface area contributed by atoms with Crippen LogP contribution in [-0.2, 0) is 6.54 Å². The van der Waals surface area contributed by atoms with E-state index in [1.807, 2.05) is 32.3 Å². The van der Waals surface area contributed by atoms with Gasteiger partial charge in [-0.1, -0.05) is 30.3 Å². The Morgan fingerprint density at radius 2 is 1.62 bits per heavy atom. The quantitative estimate of drug-likeness (QED) is 0.751. The summed E-state index contributed by atoms with van der Waals surface area (Å²) in [5.74, 6) is 0. The van der Waals surface area contributed by atoms with Gasteiger partial charge >= 0.3 is 6.03 Å². The molecule has 0 bridgehead atoms. The lowest BCUT2D eigenvalue weighted by molar-refractivity contribution is 0.0506. The maximum absolute atomic E-state index is 11.5. The van der Waals surface area contributed by atoms with Gasteiger partial charge in [-0.25, -0.2) is 4.79 Å². The van der Waals surface area contributed by atoms with E-state index in [0.29, 0.717) is 13.3 Å². The van der Waals surface area contributed by atoms with Gasteiger partial charge in [0.25, 0.3) is 0 Å². The van der Waals surface area contributed by atoms with Crippen LogP contribution in [0.4, 0.5) is 4.79 Å². The molecule has 1 aliphatic heterocycles. The van der Waals surface area contributed by atoms with Gasteiger partial charge in [0, 0.05) is 20.6 Å². The second-order valence-electron chi connectivity index (χ2n) is 4.28. The molecule has 1 saturated heterocycles. The fraction of sp³-hybridized carbons (Fsp3) is 0.417. The molecule has 1 aromatic rings. The Labute approximate surface area is 96.1 Å². The first kappa shape index (κ1) is 11.0. The summed E-state index contributed by atoms with van der Waals surface area (Å²) in [5, 5.41) is 0. The first-order chi connectivity index (χ1) is 7.66. The first-order valence-corrected chi connectivity index (χ1v) is 5.39. The first-order valence-electron chi connectivity index (χ1n) is 5.39. The fourth-order valence-electron chi connectivity index (χ4n) is 2.00. The molecule has 0 aromatic heterocycles. The lowest BCUT2D eigenvalue weighted by atomic mass is 10.2. The maximum Gasteiger partial charge on any atom is 0.321 e. The molecule has 4 heteroatoms. The minimum atomic E-state index is 0.0873. The van der Waals surface area contributed by atoms with Crippen LogP contribution in [0.15, 0.2) is 30.3 Å². The minimum Gasteiger partial charge on any atom is -0.315 e. The molecular formula is C12H17N3O. The monoisotopic (exact) mass is 219 g/mol. The van der Waals surface area contributed by atoms with Crippen molar-refractivity contribution >= 4 is 6.03 Å². The highest BCUT2D eigenvalue weighted by molar-refractivity contribution is 5.74. The molecule has 0 N–H and O–H groups in total. The van der Waals surface area contributed by atoms with Crippen molar-refractivity contribution in [2.75, 3.05) is 27.4 Å². The highest BCUT2D eigenvalue weighted by Crippen LogP contribution is 2.10. The third-order valence-corrected chi connectivity index (χ3v) is 2.73. The number of rotatable bonds is 2. The van der Waals surface area contributed by atoms with Crippen LogP contribution >= 0.6 is 0 Å². The third kappa shape index (κ3) is 2.33. The number of carbonyl (C=O) groups is 1. The molecule has 1 aliphatic rings. The fourth-order valence-corrected chi connectivity index (χ4v) is 2.00. The van der Waals surface area contributed by atoms with Gasteiger partial charge in [-0.2, -0.15) is 0 Å². The van der Waals surface area contributed by atoms with Gasteiger partial charge in [-0.15, -0.1) is 0 Å². The van der Waals surface area contributed by atoms with Crippen molar-refractivity contribution < 1.29 is 4.79 Å². The molecule has 86 valence electrons. The van der Waals surface area contributed by atoms with Crippen LogP contribution in [-0.4, -0.2) is 48.2 Å². The summed E-state index contributed by atoms with van der Waals surface area (Å²) in [5.41, 5.74) is 1.28. The average molecular weight is 219 g/mol. The van der Waals surface area contributed by atoms with E-state index in [0.717, 1.165) is 6.54 Å². The molecule has 1 heterocycles. The summed E-state index contributed by atoms with van der Waals surface area (Å²) in [6.45, 7) is 2.26. The van der Waals surface area contributed by atoms with E-state index >= 15 is 0 Å². The standard InChI is InChI=1S/C12H17N3O/c1-13-9-15(10-14(2)12(13)16)8-11-6-4-3-5-7-11/h3-7H,8-10H2,1-2H3. The van der Waals surface area contributed by atoms with Crippen LogP contribution in [0.5, 0.6) is 0 Å². The number of hydrogen-bond donors (Lipinski definition) is 0. The van der Waals surface area contributed by atoms with Crippen LogP contribution in [0, 0.1) is 0 Å². The molecule has 0 unspecified atom stereocenters. The molecular weight excluding hydrogens is 202 g/mol. The van der Waals surface area contributed by atoms with E-state index in [4.69, 9.17) is 0 Å². The summed E-state index contributed by atoms with van der Waals surface area (Å²) < 4.78 is 0. The summed E-state index contributed by atoms with van der Waals surface area (Å²) in [4.78, 5) is 17.2. The predicted molar refractivity (Wildman–Crippen MR) is 62.6 cm³/mol. The highest BCUT2D eigenvalue weighted by Gasteiger charge is 2.24. The van der Waals surface area contributed by atoms with E-state index < -0.39 is 0 Å². The van der Waals surface area contributed by atoms with Crippen LogP contribution in [0.25, 0.3) is 0 Å². The Kier molecular flexibility index (Phi) is 3.10. The topological polar surface area (TPSA) is 26.8 Å². The summed E-state index contributed by atoms with van der Waals surface area (Å²) in [6, 6.07) is 10.4. The zero-order chi connectivity index (χ0) is 11.5. The van der Waals surface area contributed by atoms with E-state index in [-0.39, 0.29) is 6.03 Å². The van der Waals surface area contributed by atoms with Crippen molar-refractivity contribution in [3.8, 4) is 0 Å². The number of benzene rings is 1. The maximum atomic E-state index is 11.5. The summed E-state index contributed by atoms with van der Waals surface area (Å²) in [6.07, 6.45) is 0. The van der Waals surface area contributed by atoms with Crippen LogP contribution in [0.1, 0.15) is 5.56 Å². The lowest BCUT2D eigenvalue weighted by Gasteiger charge is -2.38. The molecule has 1 aromatic carbocycles. The molecule has 0 saturated carbocycles. The smallest absolute Gasteiger partial charge is 0.315 e. The summed E-state index contributed by atoms with van der Waals surface area (Å²) >= 11 is 0. The Morgan fingerprint density at radius 3 is 2.19 bits per heavy atom. The van der Waals surface area contributed by atoms with Gasteiger partial charge in [0.05, 0.1) is 13.3 Å². The van der Waals surface area contributed by atoms with Crippen molar-refractivity contribution in [1.29, 1.82) is 0 Å². The predicted octanol–water partition coefficient (Wildman–Crippen LogP) is 1.40. The van der Waals surface area contributed by atoms with E-state index in [2.05, 4.69) is 17.0 Å². The Bertz CT molecular complexity index is 352. The number of amides is 2. The number of nitrogens with zero attached hydrogens (tertiary/aromatic N) is 3. The van der Waals surface area contributed by atoms with E-state index in [1.165, 1.54) is 5.56 Å². The second kappa shape index (κ2) is 4.53. The van der Waals surface area contributed by atoms with Crippen molar-refractivity contribution in [3.63, 3.8) is 0 Å². The Morgan fingerprint density at radius 1 is 1.06 bits per heavy atom. The minimum absolute atomic E-state index is 0.0873. The molecule has 0 aliphatic carbocycles. The Hall–Kier alpha value is -1.55. The zero-order valence-corrected chi connectivity index (χ0v) is 9.76. The van der Waals surface area contributed by atoms with E-state index in [9.17, 15) is 4.79 Å².